The molecule has 5 nitrogen and oxygen atoms in total. The fraction of sp³-hybridized carbons (Fsp3) is 0.611. The number of ether oxygens (including phenoxy) is 1. The Balaban J connectivity index is 1.51. The summed E-state index contributed by atoms with van der Waals surface area (Å²) in [6.45, 7) is 6.05. The van der Waals surface area contributed by atoms with E-state index in [4.69, 9.17) is 4.74 Å². The second-order valence-corrected chi connectivity index (χ2v) is 6.73. The van der Waals surface area contributed by atoms with Crippen LogP contribution in [0.15, 0.2) is 18.2 Å². The first-order valence-corrected chi connectivity index (χ1v) is 8.66. The number of hydrogen-bond donors (Lipinski definition) is 1. The van der Waals surface area contributed by atoms with Crippen LogP contribution in [-0.2, 0) is 11.3 Å². The summed E-state index contributed by atoms with van der Waals surface area (Å²) >= 11 is 0. The summed E-state index contributed by atoms with van der Waals surface area (Å²) in [5.41, 5.74) is 0.866. The third-order valence-corrected chi connectivity index (χ3v) is 4.89. The highest BCUT2D eigenvalue weighted by Gasteiger charge is 2.30. The predicted molar refractivity (Wildman–Crippen MR) is 90.4 cm³/mol. The van der Waals surface area contributed by atoms with Crippen molar-refractivity contribution in [1.29, 1.82) is 0 Å². The lowest BCUT2D eigenvalue weighted by Gasteiger charge is -2.37. The van der Waals surface area contributed by atoms with Gasteiger partial charge in [-0.1, -0.05) is 0 Å². The van der Waals surface area contributed by atoms with Crippen molar-refractivity contribution in [2.75, 3.05) is 33.3 Å². The summed E-state index contributed by atoms with van der Waals surface area (Å²) in [6.07, 6.45) is 2.23. The second kappa shape index (κ2) is 7.49. The van der Waals surface area contributed by atoms with Crippen LogP contribution in [0.2, 0.25) is 0 Å². The summed E-state index contributed by atoms with van der Waals surface area (Å²) in [5.74, 6) is 0.614. The van der Waals surface area contributed by atoms with Gasteiger partial charge in [0.15, 0.2) is 0 Å². The van der Waals surface area contributed by atoms with Crippen molar-refractivity contribution >= 4 is 5.91 Å². The topological polar surface area (TPSA) is 44.8 Å². The number of halogens is 1. The van der Waals surface area contributed by atoms with Crippen LogP contribution in [-0.4, -0.2) is 61.1 Å². The Morgan fingerprint density at radius 2 is 2.04 bits per heavy atom. The number of benzene rings is 1. The summed E-state index contributed by atoms with van der Waals surface area (Å²) in [6, 6.07) is 4.95. The zero-order valence-electron chi connectivity index (χ0n) is 14.4. The Bertz CT molecular complexity index is 584. The highest BCUT2D eigenvalue weighted by Crippen LogP contribution is 2.22. The van der Waals surface area contributed by atoms with E-state index >= 15 is 0 Å². The number of amides is 1. The van der Waals surface area contributed by atoms with E-state index in [1.54, 1.807) is 13.2 Å². The van der Waals surface area contributed by atoms with E-state index in [0.717, 1.165) is 50.3 Å². The van der Waals surface area contributed by atoms with Crippen LogP contribution in [0.25, 0.3) is 0 Å². The Hall–Kier alpha value is -1.66. The van der Waals surface area contributed by atoms with Crippen LogP contribution in [0, 0.1) is 5.82 Å². The van der Waals surface area contributed by atoms with Crippen LogP contribution in [0.1, 0.15) is 25.3 Å². The van der Waals surface area contributed by atoms with Gasteiger partial charge in [-0.2, -0.15) is 0 Å². The number of carbonyl (C=O) groups excluding carboxylic acids is 1. The van der Waals surface area contributed by atoms with Crippen molar-refractivity contribution in [1.82, 2.24) is 15.1 Å². The molecule has 3 rings (SSSR count). The van der Waals surface area contributed by atoms with Crippen LogP contribution >= 0.6 is 0 Å². The molecule has 2 fully saturated rings. The molecule has 0 spiro atoms. The van der Waals surface area contributed by atoms with Gasteiger partial charge < -0.3 is 10.1 Å². The van der Waals surface area contributed by atoms with Gasteiger partial charge in [0.05, 0.1) is 13.2 Å². The van der Waals surface area contributed by atoms with Gasteiger partial charge >= 0.3 is 0 Å². The molecule has 1 aliphatic carbocycles. The van der Waals surface area contributed by atoms with E-state index in [2.05, 4.69) is 15.1 Å². The van der Waals surface area contributed by atoms with Crippen molar-refractivity contribution in [3.05, 3.63) is 29.6 Å². The Labute approximate surface area is 142 Å². The van der Waals surface area contributed by atoms with Gasteiger partial charge in [0.2, 0.25) is 5.91 Å². The minimum absolute atomic E-state index is 0.0866. The highest BCUT2D eigenvalue weighted by molar-refractivity contribution is 5.81. The molecule has 1 aromatic carbocycles. The zero-order valence-corrected chi connectivity index (χ0v) is 14.4. The number of methoxy groups -OCH3 is 1. The first-order chi connectivity index (χ1) is 11.6. The van der Waals surface area contributed by atoms with Crippen molar-refractivity contribution in [3.8, 4) is 5.75 Å². The first-order valence-electron chi connectivity index (χ1n) is 8.66. The van der Waals surface area contributed by atoms with E-state index in [0.29, 0.717) is 12.6 Å². The molecule has 6 heteroatoms. The standard InChI is InChI=1S/C18H26FN3O2/c1-13(18(23)20-16-4-5-16)22-9-7-21(8-10-22)12-14-11-15(19)3-6-17(14)24-2/h3,6,11,13,16H,4-5,7-10,12H2,1-2H3,(H,20,23)/t13-/m0/s1. The number of carbonyl (C=O) groups is 1. The largest absolute Gasteiger partial charge is 0.496 e. The molecule has 1 heterocycles. The van der Waals surface area contributed by atoms with Crippen molar-refractivity contribution < 1.29 is 13.9 Å². The van der Waals surface area contributed by atoms with Crippen LogP contribution in [0.3, 0.4) is 0 Å². The average Bonchev–Trinajstić information content (AvgIpc) is 3.39. The molecule has 1 saturated heterocycles. The Morgan fingerprint density at radius 3 is 2.67 bits per heavy atom. The van der Waals surface area contributed by atoms with E-state index < -0.39 is 0 Å². The van der Waals surface area contributed by atoms with Crippen LogP contribution < -0.4 is 10.1 Å². The average molecular weight is 335 g/mol. The molecule has 24 heavy (non-hydrogen) atoms. The number of piperazine rings is 1. The maximum absolute atomic E-state index is 13.5. The summed E-state index contributed by atoms with van der Waals surface area (Å²) in [7, 11) is 1.61. The normalized spacial score (nSPS) is 20.6. The molecule has 1 atom stereocenters. The molecule has 1 N–H and O–H groups in total. The minimum Gasteiger partial charge on any atom is -0.496 e. The molecule has 1 aliphatic heterocycles. The fourth-order valence-electron chi connectivity index (χ4n) is 3.14. The van der Waals surface area contributed by atoms with Gasteiger partial charge in [0.25, 0.3) is 0 Å². The summed E-state index contributed by atoms with van der Waals surface area (Å²) < 4.78 is 18.8. The third kappa shape index (κ3) is 4.24. The summed E-state index contributed by atoms with van der Waals surface area (Å²) in [5, 5.41) is 3.07. The molecular formula is C18H26FN3O2. The quantitative estimate of drug-likeness (QED) is 0.858. The minimum atomic E-state index is -0.241. The molecule has 0 bridgehead atoms. The lowest BCUT2D eigenvalue weighted by molar-refractivity contribution is -0.126. The van der Waals surface area contributed by atoms with Gasteiger partial charge in [-0.25, -0.2) is 4.39 Å². The molecule has 0 radical (unpaired) electrons. The maximum Gasteiger partial charge on any atom is 0.237 e. The molecule has 0 unspecified atom stereocenters. The van der Waals surface area contributed by atoms with E-state index in [1.807, 2.05) is 6.92 Å². The molecule has 2 aliphatic rings. The number of nitrogens with one attached hydrogen (secondary N) is 1. The van der Waals surface area contributed by atoms with Gasteiger partial charge in [0.1, 0.15) is 11.6 Å². The molecular weight excluding hydrogens is 309 g/mol. The predicted octanol–water partition coefficient (Wildman–Crippen LogP) is 1.62. The molecule has 0 aromatic heterocycles. The van der Waals surface area contributed by atoms with E-state index in [-0.39, 0.29) is 17.8 Å². The van der Waals surface area contributed by atoms with Crippen molar-refractivity contribution in [2.24, 2.45) is 0 Å². The Morgan fingerprint density at radius 1 is 1.33 bits per heavy atom. The van der Waals surface area contributed by atoms with Gasteiger partial charge in [0, 0.05) is 44.3 Å². The molecule has 1 amide bonds. The second-order valence-electron chi connectivity index (χ2n) is 6.73. The summed E-state index contributed by atoms with van der Waals surface area (Å²) in [4.78, 5) is 16.7. The van der Waals surface area contributed by atoms with Crippen molar-refractivity contribution in [2.45, 2.75) is 38.4 Å². The first kappa shape index (κ1) is 17.2. The van der Waals surface area contributed by atoms with Gasteiger partial charge in [-0.15, -0.1) is 0 Å². The lowest BCUT2D eigenvalue weighted by Crippen LogP contribution is -2.53. The molecule has 1 saturated carbocycles. The number of nitrogens with zero attached hydrogens (tertiary/aromatic N) is 2. The van der Waals surface area contributed by atoms with Crippen molar-refractivity contribution in [3.63, 3.8) is 0 Å². The van der Waals surface area contributed by atoms with E-state index in [9.17, 15) is 9.18 Å². The highest BCUT2D eigenvalue weighted by atomic mass is 19.1. The van der Waals surface area contributed by atoms with Crippen LogP contribution in [0.4, 0.5) is 4.39 Å². The van der Waals surface area contributed by atoms with Gasteiger partial charge in [-0.3, -0.25) is 14.6 Å². The van der Waals surface area contributed by atoms with E-state index in [1.165, 1.54) is 12.1 Å². The lowest BCUT2D eigenvalue weighted by atomic mass is 10.1. The maximum atomic E-state index is 13.5. The zero-order chi connectivity index (χ0) is 17.1. The fourth-order valence-corrected chi connectivity index (χ4v) is 3.14. The van der Waals surface area contributed by atoms with Crippen LogP contribution in [0.5, 0.6) is 5.75 Å². The SMILES string of the molecule is COc1ccc(F)cc1CN1CCN([C@@H](C)C(=O)NC2CC2)CC1. The number of hydrogen-bond acceptors (Lipinski definition) is 4. The van der Waals surface area contributed by atoms with Gasteiger partial charge in [-0.05, 0) is 38.0 Å². The third-order valence-electron chi connectivity index (χ3n) is 4.89. The molecule has 132 valence electrons. The Kier molecular flexibility index (Phi) is 5.36. The monoisotopic (exact) mass is 335 g/mol. The smallest absolute Gasteiger partial charge is 0.237 e. The molecule has 1 aromatic rings. The number of rotatable bonds is 6.